The maximum Gasteiger partial charge on any atom is 0.107 e. The first kappa shape index (κ1) is 7.89. The van der Waals surface area contributed by atoms with Gasteiger partial charge in [0.2, 0.25) is 0 Å². The lowest BCUT2D eigenvalue weighted by molar-refractivity contribution is 0.191. The first-order valence-electron chi connectivity index (χ1n) is 2.86. The smallest absolute Gasteiger partial charge is 0.107 e. The van der Waals surface area contributed by atoms with E-state index in [1.54, 1.807) is 6.92 Å². The van der Waals surface area contributed by atoms with Crippen molar-refractivity contribution in [3.63, 3.8) is 0 Å². The molecular formula is C6H14FN. The highest BCUT2D eigenvalue weighted by atomic mass is 19.1. The molecule has 0 aromatic carbocycles. The predicted octanol–water partition coefficient (Wildman–Crippen LogP) is 1.47. The molecule has 8 heavy (non-hydrogen) atoms. The standard InChI is InChI=1S/C6H14FN/c1-5(8)4-6(2,3)7/h5H,4,8H2,1-3H3/t5-/m0/s1. The normalized spacial score (nSPS) is 16.1. The lowest BCUT2D eigenvalue weighted by Crippen LogP contribution is -2.25. The van der Waals surface area contributed by atoms with Crippen molar-refractivity contribution in [2.75, 3.05) is 0 Å². The molecule has 0 aromatic rings. The van der Waals surface area contributed by atoms with Crippen LogP contribution in [0.3, 0.4) is 0 Å². The molecule has 0 aliphatic rings. The van der Waals surface area contributed by atoms with E-state index in [4.69, 9.17) is 5.73 Å². The van der Waals surface area contributed by atoms with E-state index in [9.17, 15) is 4.39 Å². The van der Waals surface area contributed by atoms with Gasteiger partial charge < -0.3 is 5.73 Å². The number of hydrogen-bond acceptors (Lipinski definition) is 1. The second-order valence-corrected chi connectivity index (χ2v) is 2.90. The third kappa shape index (κ3) is 5.89. The molecule has 0 spiro atoms. The average Bonchev–Trinajstić information content (AvgIpc) is 1.21. The van der Waals surface area contributed by atoms with Gasteiger partial charge in [-0.3, -0.25) is 0 Å². The summed E-state index contributed by atoms with van der Waals surface area (Å²) in [7, 11) is 0. The quantitative estimate of drug-likeness (QED) is 0.585. The summed E-state index contributed by atoms with van der Waals surface area (Å²) in [6.07, 6.45) is 0.438. The molecule has 0 rings (SSSR count). The molecule has 0 amide bonds. The van der Waals surface area contributed by atoms with Gasteiger partial charge in [0.05, 0.1) is 0 Å². The van der Waals surface area contributed by atoms with Crippen LogP contribution in [0.2, 0.25) is 0 Å². The zero-order valence-corrected chi connectivity index (χ0v) is 5.74. The second kappa shape index (κ2) is 2.44. The van der Waals surface area contributed by atoms with E-state index in [1.807, 2.05) is 0 Å². The van der Waals surface area contributed by atoms with Gasteiger partial charge >= 0.3 is 0 Å². The summed E-state index contributed by atoms with van der Waals surface area (Å²) in [5.41, 5.74) is 4.24. The molecule has 0 aliphatic heterocycles. The lowest BCUT2D eigenvalue weighted by atomic mass is 10.0. The number of rotatable bonds is 2. The van der Waals surface area contributed by atoms with Gasteiger partial charge in [-0.25, -0.2) is 4.39 Å². The maximum absolute atomic E-state index is 12.6. The van der Waals surface area contributed by atoms with Gasteiger partial charge in [-0.05, 0) is 27.2 Å². The van der Waals surface area contributed by atoms with E-state index in [1.165, 1.54) is 13.8 Å². The summed E-state index contributed by atoms with van der Waals surface area (Å²) < 4.78 is 12.6. The molecule has 1 nitrogen and oxygen atoms in total. The van der Waals surface area contributed by atoms with Crippen LogP contribution in [0.15, 0.2) is 0 Å². The van der Waals surface area contributed by atoms with Crippen molar-refractivity contribution in [1.29, 1.82) is 0 Å². The molecule has 0 radical (unpaired) electrons. The summed E-state index contributed by atoms with van der Waals surface area (Å²) in [4.78, 5) is 0. The molecule has 0 unspecified atom stereocenters. The van der Waals surface area contributed by atoms with E-state index >= 15 is 0 Å². The minimum Gasteiger partial charge on any atom is -0.328 e. The summed E-state index contributed by atoms with van der Waals surface area (Å²) in [5.74, 6) is 0. The maximum atomic E-state index is 12.6. The van der Waals surface area contributed by atoms with Crippen LogP contribution in [0, 0.1) is 0 Å². The highest BCUT2D eigenvalue weighted by Gasteiger charge is 2.16. The molecule has 1 atom stereocenters. The van der Waals surface area contributed by atoms with Crippen LogP contribution in [0.25, 0.3) is 0 Å². The Morgan fingerprint density at radius 2 is 2.00 bits per heavy atom. The largest absolute Gasteiger partial charge is 0.328 e. The molecule has 0 bridgehead atoms. The summed E-state index contributed by atoms with van der Waals surface area (Å²) in [6.45, 7) is 4.88. The zero-order valence-electron chi connectivity index (χ0n) is 5.74. The predicted molar refractivity (Wildman–Crippen MR) is 33.5 cm³/mol. The van der Waals surface area contributed by atoms with E-state index in [0.717, 1.165) is 0 Å². The van der Waals surface area contributed by atoms with Crippen LogP contribution in [0.1, 0.15) is 27.2 Å². The van der Waals surface area contributed by atoms with Crippen molar-refractivity contribution in [1.82, 2.24) is 0 Å². The van der Waals surface area contributed by atoms with Crippen LogP contribution in [0.5, 0.6) is 0 Å². The van der Waals surface area contributed by atoms with Crippen LogP contribution >= 0.6 is 0 Å². The fraction of sp³-hybridized carbons (Fsp3) is 1.00. The second-order valence-electron chi connectivity index (χ2n) is 2.90. The minimum absolute atomic E-state index is 0.0324. The topological polar surface area (TPSA) is 26.0 Å². The average molecular weight is 119 g/mol. The number of halogens is 1. The molecule has 0 aromatic heterocycles. The molecule has 2 N–H and O–H groups in total. The Hall–Kier alpha value is -0.110. The Bertz CT molecular complexity index is 63.4. The molecule has 0 aliphatic carbocycles. The van der Waals surface area contributed by atoms with Crippen LogP contribution < -0.4 is 5.73 Å². The zero-order chi connectivity index (χ0) is 6.78. The summed E-state index contributed by atoms with van der Waals surface area (Å²) >= 11 is 0. The fourth-order valence-corrected chi connectivity index (χ4v) is 0.766. The van der Waals surface area contributed by atoms with Gasteiger partial charge in [-0.15, -0.1) is 0 Å². The Kier molecular flexibility index (Phi) is 2.41. The van der Waals surface area contributed by atoms with E-state index in [2.05, 4.69) is 0 Å². The lowest BCUT2D eigenvalue weighted by Gasteiger charge is -2.15. The van der Waals surface area contributed by atoms with Crippen molar-refractivity contribution in [3.8, 4) is 0 Å². The molecule has 0 fully saturated rings. The third-order valence-electron chi connectivity index (χ3n) is 0.807. The first-order chi connectivity index (χ1) is 3.42. The highest BCUT2D eigenvalue weighted by molar-refractivity contribution is 4.70. The molecule has 0 saturated heterocycles. The third-order valence-corrected chi connectivity index (χ3v) is 0.807. The van der Waals surface area contributed by atoms with Gasteiger partial charge in [0, 0.05) is 6.04 Å². The van der Waals surface area contributed by atoms with E-state index < -0.39 is 5.67 Å². The Labute approximate surface area is 50.1 Å². The van der Waals surface area contributed by atoms with Crippen LogP contribution in [0.4, 0.5) is 4.39 Å². The number of nitrogens with two attached hydrogens (primary N) is 1. The van der Waals surface area contributed by atoms with Gasteiger partial charge in [-0.2, -0.15) is 0 Å². The van der Waals surface area contributed by atoms with Crippen LogP contribution in [-0.2, 0) is 0 Å². The summed E-state index contributed by atoms with van der Waals surface area (Å²) in [6, 6.07) is -0.0324. The van der Waals surface area contributed by atoms with Gasteiger partial charge in [0.15, 0.2) is 0 Å². The first-order valence-corrected chi connectivity index (χ1v) is 2.86. The minimum atomic E-state index is -1.10. The summed E-state index contributed by atoms with van der Waals surface area (Å²) in [5, 5.41) is 0. The molecule has 2 heteroatoms. The van der Waals surface area contributed by atoms with Gasteiger partial charge in [0.1, 0.15) is 5.67 Å². The Morgan fingerprint density at radius 1 is 1.62 bits per heavy atom. The van der Waals surface area contributed by atoms with Crippen molar-refractivity contribution in [2.45, 2.75) is 38.9 Å². The molecule has 0 saturated carbocycles. The van der Waals surface area contributed by atoms with Crippen molar-refractivity contribution < 1.29 is 4.39 Å². The fourth-order valence-electron chi connectivity index (χ4n) is 0.766. The SMILES string of the molecule is C[C@H](N)CC(C)(C)F. The van der Waals surface area contributed by atoms with E-state index in [0.29, 0.717) is 6.42 Å². The van der Waals surface area contributed by atoms with Gasteiger partial charge in [-0.1, -0.05) is 0 Å². The molecule has 0 heterocycles. The van der Waals surface area contributed by atoms with E-state index in [-0.39, 0.29) is 6.04 Å². The molecular weight excluding hydrogens is 105 g/mol. The van der Waals surface area contributed by atoms with Gasteiger partial charge in [0.25, 0.3) is 0 Å². The number of alkyl halides is 1. The Morgan fingerprint density at radius 3 is 2.00 bits per heavy atom. The van der Waals surface area contributed by atoms with Crippen molar-refractivity contribution in [2.24, 2.45) is 5.73 Å². The number of hydrogen-bond donors (Lipinski definition) is 1. The monoisotopic (exact) mass is 119 g/mol. The van der Waals surface area contributed by atoms with Crippen molar-refractivity contribution in [3.05, 3.63) is 0 Å². The Balaban J connectivity index is 3.39. The highest BCUT2D eigenvalue weighted by Crippen LogP contribution is 2.14. The van der Waals surface area contributed by atoms with Crippen LogP contribution in [-0.4, -0.2) is 11.7 Å². The van der Waals surface area contributed by atoms with Crippen molar-refractivity contribution >= 4 is 0 Å². The molecule has 50 valence electrons.